The van der Waals surface area contributed by atoms with Crippen LogP contribution in [0.3, 0.4) is 0 Å². The molecule has 0 aromatic heterocycles. The molecule has 0 aliphatic heterocycles. The summed E-state index contributed by atoms with van der Waals surface area (Å²) in [4.78, 5) is 11.5. The molecule has 0 radical (unpaired) electrons. The molecular weight excluding hydrogens is 306 g/mol. The molecule has 22 heavy (non-hydrogen) atoms. The van der Waals surface area contributed by atoms with E-state index < -0.39 is 12.1 Å². The average molecular weight is 322 g/mol. The van der Waals surface area contributed by atoms with E-state index >= 15 is 0 Å². The van der Waals surface area contributed by atoms with E-state index in [9.17, 15) is 9.90 Å². The van der Waals surface area contributed by atoms with Gasteiger partial charge in [0.25, 0.3) is 0 Å². The van der Waals surface area contributed by atoms with Crippen molar-refractivity contribution in [2.45, 2.75) is 6.10 Å². The van der Waals surface area contributed by atoms with Crippen molar-refractivity contribution in [2.24, 2.45) is 0 Å². The third-order valence-electron chi connectivity index (χ3n) is 3.09. The highest BCUT2D eigenvalue weighted by molar-refractivity contribution is 6.30. The molecule has 1 atom stereocenters. The third-order valence-corrected chi connectivity index (χ3v) is 3.34. The van der Waals surface area contributed by atoms with Gasteiger partial charge in [0.15, 0.2) is 0 Å². The fraction of sp³-hybridized carbons (Fsp3) is 0.188. The van der Waals surface area contributed by atoms with Crippen LogP contribution >= 0.6 is 11.6 Å². The summed E-state index contributed by atoms with van der Waals surface area (Å²) in [5.74, 6) is -0.168. The highest BCUT2D eigenvalue weighted by atomic mass is 35.5. The van der Waals surface area contributed by atoms with Gasteiger partial charge < -0.3 is 20.3 Å². The van der Waals surface area contributed by atoms with E-state index in [1.807, 2.05) is 0 Å². The fourth-order valence-electron chi connectivity index (χ4n) is 1.85. The minimum absolute atomic E-state index is 0.00351. The minimum Gasteiger partial charge on any atom is -0.488 e. The number of hydrogen-bond donors (Lipinski definition) is 2. The molecule has 0 saturated heterocycles. The molecule has 0 bridgehead atoms. The van der Waals surface area contributed by atoms with Crippen LogP contribution in [0.1, 0.15) is 22.0 Å². The van der Waals surface area contributed by atoms with Gasteiger partial charge in [0.1, 0.15) is 18.5 Å². The van der Waals surface area contributed by atoms with E-state index in [1.54, 1.807) is 36.4 Å². The Bertz CT molecular complexity index is 658. The lowest BCUT2D eigenvalue weighted by molar-refractivity contribution is 0.0600. The van der Waals surface area contributed by atoms with Crippen molar-refractivity contribution in [1.82, 2.24) is 0 Å². The summed E-state index contributed by atoms with van der Waals surface area (Å²) >= 11 is 5.80. The standard InChI is InChI=1S/C16H16ClNO4/c1-21-16(20)11-4-7-13(18)15(8-11)22-9-14(19)10-2-5-12(17)6-3-10/h2-8,14,19H,9,18H2,1H3. The number of nitrogens with two attached hydrogens (primary N) is 1. The van der Waals surface area contributed by atoms with Crippen LogP contribution in [0.4, 0.5) is 5.69 Å². The van der Waals surface area contributed by atoms with Crippen molar-refractivity contribution in [2.75, 3.05) is 19.5 Å². The van der Waals surface area contributed by atoms with Gasteiger partial charge in [-0.1, -0.05) is 23.7 Å². The van der Waals surface area contributed by atoms with Gasteiger partial charge in [-0.25, -0.2) is 4.79 Å². The smallest absolute Gasteiger partial charge is 0.337 e. The second kappa shape index (κ2) is 7.15. The quantitative estimate of drug-likeness (QED) is 0.653. The first-order valence-corrected chi connectivity index (χ1v) is 6.93. The lowest BCUT2D eigenvalue weighted by Gasteiger charge is -2.14. The molecule has 0 aliphatic rings. The molecule has 2 aromatic rings. The van der Waals surface area contributed by atoms with Crippen molar-refractivity contribution in [3.8, 4) is 5.75 Å². The van der Waals surface area contributed by atoms with Crippen LogP contribution in [0, 0.1) is 0 Å². The van der Waals surface area contributed by atoms with Crippen molar-refractivity contribution in [1.29, 1.82) is 0 Å². The first kappa shape index (κ1) is 16.1. The van der Waals surface area contributed by atoms with Gasteiger partial charge in [0.2, 0.25) is 0 Å². The zero-order valence-corrected chi connectivity index (χ0v) is 12.7. The van der Waals surface area contributed by atoms with Gasteiger partial charge in [0, 0.05) is 5.02 Å². The number of nitrogen functional groups attached to an aromatic ring is 1. The van der Waals surface area contributed by atoms with Gasteiger partial charge in [-0.15, -0.1) is 0 Å². The zero-order valence-electron chi connectivity index (χ0n) is 12.0. The Morgan fingerprint density at radius 1 is 1.27 bits per heavy atom. The number of methoxy groups -OCH3 is 1. The number of ether oxygens (including phenoxy) is 2. The summed E-state index contributed by atoms with van der Waals surface area (Å²) in [5, 5.41) is 10.7. The Balaban J connectivity index is 2.07. The van der Waals surface area contributed by atoms with Crippen LogP contribution in [0.15, 0.2) is 42.5 Å². The van der Waals surface area contributed by atoms with Crippen LogP contribution in [-0.2, 0) is 4.74 Å². The summed E-state index contributed by atoms with van der Waals surface area (Å²) in [5.41, 5.74) is 7.17. The van der Waals surface area contributed by atoms with E-state index in [0.29, 0.717) is 27.6 Å². The Morgan fingerprint density at radius 2 is 1.95 bits per heavy atom. The number of anilines is 1. The van der Waals surface area contributed by atoms with Gasteiger partial charge >= 0.3 is 5.97 Å². The molecule has 0 amide bonds. The lowest BCUT2D eigenvalue weighted by atomic mass is 10.1. The summed E-state index contributed by atoms with van der Waals surface area (Å²) < 4.78 is 10.1. The largest absolute Gasteiger partial charge is 0.488 e. The molecule has 1 unspecified atom stereocenters. The molecule has 116 valence electrons. The maximum atomic E-state index is 11.5. The summed E-state index contributed by atoms with van der Waals surface area (Å²) in [6, 6.07) is 11.4. The molecule has 0 fully saturated rings. The maximum Gasteiger partial charge on any atom is 0.337 e. The van der Waals surface area contributed by atoms with Crippen molar-refractivity contribution in [3.63, 3.8) is 0 Å². The molecule has 5 nitrogen and oxygen atoms in total. The number of aliphatic hydroxyl groups excluding tert-OH is 1. The second-order valence-electron chi connectivity index (χ2n) is 4.62. The second-order valence-corrected chi connectivity index (χ2v) is 5.06. The Morgan fingerprint density at radius 3 is 2.59 bits per heavy atom. The molecular formula is C16H16ClNO4. The number of halogens is 1. The van der Waals surface area contributed by atoms with Gasteiger partial charge in [0.05, 0.1) is 18.4 Å². The van der Waals surface area contributed by atoms with Gasteiger partial charge in [-0.2, -0.15) is 0 Å². The van der Waals surface area contributed by atoms with Crippen LogP contribution in [-0.4, -0.2) is 24.8 Å². The van der Waals surface area contributed by atoms with E-state index in [4.69, 9.17) is 22.1 Å². The third kappa shape index (κ3) is 3.90. The summed E-state index contributed by atoms with van der Waals surface area (Å²) in [7, 11) is 1.30. The number of carbonyl (C=O) groups is 1. The monoisotopic (exact) mass is 321 g/mol. The lowest BCUT2D eigenvalue weighted by Crippen LogP contribution is -2.11. The normalized spacial score (nSPS) is 11.8. The fourth-order valence-corrected chi connectivity index (χ4v) is 1.98. The number of benzene rings is 2. The predicted molar refractivity (Wildman–Crippen MR) is 84.1 cm³/mol. The number of carbonyl (C=O) groups excluding carboxylic acids is 1. The van der Waals surface area contributed by atoms with Gasteiger partial charge in [-0.3, -0.25) is 0 Å². The summed E-state index contributed by atoms with van der Waals surface area (Å²) in [6.07, 6.45) is -0.835. The van der Waals surface area contributed by atoms with Crippen molar-refractivity contribution >= 4 is 23.3 Å². The van der Waals surface area contributed by atoms with Crippen molar-refractivity contribution < 1.29 is 19.4 Å². The first-order valence-electron chi connectivity index (χ1n) is 6.55. The maximum absolute atomic E-state index is 11.5. The summed E-state index contributed by atoms with van der Waals surface area (Å²) in [6.45, 7) is -0.00351. The molecule has 0 saturated carbocycles. The molecule has 2 rings (SSSR count). The van der Waals surface area contributed by atoms with Crippen LogP contribution in [0.5, 0.6) is 5.75 Å². The van der Waals surface area contributed by atoms with Gasteiger partial charge in [-0.05, 0) is 35.9 Å². The highest BCUT2D eigenvalue weighted by Gasteiger charge is 2.12. The van der Waals surface area contributed by atoms with E-state index in [0.717, 1.165) is 0 Å². The number of hydrogen-bond acceptors (Lipinski definition) is 5. The number of rotatable bonds is 5. The SMILES string of the molecule is COC(=O)c1ccc(N)c(OCC(O)c2ccc(Cl)cc2)c1. The van der Waals surface area contributed by atoms with Crippen LogP contribution in [0.2, 0.25) is 5.02 Å². The molecule has 0 spiro atoms. The predicted octanol–water partition coefficient (Wildman–Crippen LogP) is 2.82. The van der Waals surface area contributed by atoms with E-state index in [1.165, 1.54) is 13.2 Å². The van der Waals surface area contributed by atoms with Crippen molar-refractivity contribution in [3.05, 3.63) is 58.6 Å². The zero-order chi connectivity index (χ0) is 16.1. The number of esters is 1. The Kier molecular flexibility index (Phi) is 5.25. The van der Waals surface area contributed by atoms with E-state index in [2.05, 4.69) is 4.74 Å². The molecule has 0 aliphatic carbocycles. The number of aliphatic hydroxyl groups is 1. The Labute approximate surface area is 133 Å². The highest BCUT2D eigenvalue weighted by Crippen LogP contribution is 2.25. The Hall–Kier alpha value is -2.24. The van der Waals surface area contributed by atoms with Crippen LogP contribution < -0.4 is 10.5 Å². The van der Waals surface area contributed by atoms with Crippen LogP contribution in [0.25, 0.3) is 0 Å². The average Bonchev–Trinajstić information content (AvgIpc) is 2.53. The molecule has 0 heterocycles. The van der Waals surface area contributed by atoms with E-state index in [-0.39, 0.29) is 6.61 Å². The molecule has 6 heteroatoms. The molecule has 2 aromatic carbocycles. The topological polar surface area (TPSA) is 81.8 Å². The minimum atomic E-state index is -0.835. The first-order chi connectivity index (χ1) is 10.5. The molecule has 3 N–H and O–H groups in total.